The van der Waals surface area contributed by atoms with E-state index in [9.17, 15) is 0 Å². The van der Waals surface area contributed by atoms with Crippen LogP contribution < -0.4 is 5.84 Å². The van der Waals surface area contributed by atoms with E-state index >= 15 is 0 Å². The van der Waals surface area contributed by atoms with Crippen LogP contribution in [-0.4, -0.2) is 49.2 Å². The molecule has 0 aromatic carbocycles. The standard InChI is InChI=1S/C10H19N2O.Li.Lr/c1-9-3-6-13-10(7-9)4-2-5-12(11)8-10;;/h2-8,11H2,1H3;;/q-1;;. The van der Waals surface area contributed by atoms with E-state index in [1.165, 1.54) is 12.8 Å². The van der Waals surface area contributed by atoms with Crippen molar-refractivity contribution in [2.24, 2.45) is 5.84 Å². The van der Waals surface area contributed by atoms with Crippen molar-refractivity contribution < 1.29 is 4.74 Å². The van der Waals surface area contributed by atoms with E-state index in [2.05, 4.69) is 6.92 Å². The number of ether oxygens (including phenoxy) is 1. The number of nitrogens with two attached hydrogens (primary N) is 1. The van der Waals surface area contributed by atoms with Gasteiger partial charge in [0.25, 0.3) is 0 Å². The fraction of sp³-hybridized carbons (Fsp3) is 0.900. The molecule has 92 valence electrons. The summed E-state index contributed by atoms with van der Waals surface area (Å²) in [5, 5.41) is 1.90. The molecular weight excluding hydrogens is 433 g/mol. The van der Waals surface area contributed by atoms with E-state index in [1.807, 2.05) is 5.01 Å². The number of nitrogens with zero attached hydrogens (tertiary/aromatic N) is 1. The van der Waals surface area contributed by atoms with Gasteiger partial charge in [-0.25, -0.2) is 5.01 Å². The average Bonchev–Trinajstić information content (AvgIpc) is 2.02. The molecule has 2 aliphatic rings. The van der Waals surface area contributed by atoms with Gasteiger partial charge in [0.15, 0.2) is 0 Å². The van der Waals surface area contributed by atoms with Crippen LogP contribution in [0.5, 0.6) is 0 Å². The largest absolute Gasteiger partial charge is 0.379 e. The molecule has 1 atom stereocenters. The summed E-state index contributed by atoms with van der Waals surface area (Å²) in [4.78, 5) is 0. The molecule has 3 nitrogen and oxygen atoms in total. The van der Waals surface area contributed by atoms with Gasteiger partial charge in [-0.05, 0) is 12.8 Å². The fourth-order valence-electron chi connectivity index (χ4n) is 2.53. The van der Waals surface area contributed by atoms with Crippen molar-refractivity contribution in [3.63, 3.8) is 0 Å². The Bertz CT molecular complexity index is 174. The summed E-state index contributed by atoms with van der Waals surface area (Å²) in [7, 11) is 0. The van der Waals surface area contributed by atoms with Crippen LogP contribution in [0.15, 0.2) is 0 Å². The quantitative estimate of drug-likeness (QED) is 0.335. The smallest absolute Gasteiger partial charge is 0.0557 e. The van der Waals surface area contributed by atoms with Crippen molar-refractivity contribution in [2.45, 2.75) is 38.2 Å². The van der Waals surface area contributed by atoms with Crippen LogP contribution in [0, 0.1) is 5.92 Å². The Hall–Kier alpha value is -0.523. The molecule has 0 aromatic heterocycles. The van der Waals surface area contributed by atoms with Crippen LogP contribution in [0.3, 0.4) is 0 Å². The van der Waals surface area contributed by atoms with Gasteiger partial charge in [0.05, 0.1) is 5.60 Å². The van der Waals surface area contributed by atoms with Gasteiger partial charge in [0, 0.05) is 38.6 Å². The molecule has 15 heavy (non-hydrogen) atoms. The Morgan fingerprint density at radius 2 is 2.20 bits per heavy atom. The summed E-state index contributed by atoms with van der Waals surface area (Å²) in [5.41, 5.74) is 0.0648. The molecule has 2 N–H and O–H groups in total. The van der Waals surface area contributed by atoms with Crippen molar-refractivity contribution in [3.8, 4) is 0 Å². The molecule has 0 aromatic rings. The second kappa shape index (κ2) is 5.53. The summed E-state index contributed by atoms with van der Waals surface area (Å²) in [5.74, 6) is 7.40. The molecule has 0 aliphatic carbocycles. The first-order valence-electron chi connectivity index (χ1n) is 5.15. The van der Waals surface area contributed by atoms with Crippen LogP contribution in [0.2, 0.25) is 0 Å². The maximum absolute atomic E-state index is 5.90. The van der Waals surface area contributed by atoms with Crippen molar-refractivity contribution in [1.29, 1.82) is 0 Å². The zero-order chi connectivity index (χ0) is 9.31. The van der Waals surface area contributed by atoms with Gasteiger partial charge < -0.3 is 10.7 Å². The first kappa shape index (κ1) is 14.5. The molecule has 2 saturated heterocycles. The van der Waals surface area contributed by atoms with Crippen molar-refractivity contribution in [2.75, 3.05) is 19.7 Å². The van der Waals surface area contributed by atoms with Crippen molar-refractivity contribution >= 4 is 18.9 Å². The summed E-state index contributed by atoms with van der Waals surface area (Å²) in [6.07, 6.45) is 4.59. The molecule has 0 amide bonds. The van der Waals surface area contributed by atoms with Crippen LogP contribution in [0.25, 0.3) is 0 Å². The van der Waals surface area contributed by atoms with E-state index in [4.69, 9.17) is 10.6 Å². The minimum Gasteiger partial charge on any atom is -0.379 e. The number of piperidine rings is 1. The Balaban J connectivity index is 0.000000980. The monoisotopic (exact) mass is 452 g/mol. The first-order chi connectivity index (χ1) is 6.20. The van der Waals surface area contributed by atoms with E-state index in [-0.39, 0.29) is 24.5 Å². The van der Waals surface area contributed by atoms with Gasteiger partial charge in [-0.2, -0.15) is 13.3 Å². The zero-order valence-corrected chi connectivity index (χ0v) is 11.8. The SMILES string of the molecule is C[C-]1CCOC2(CCCN(N)C2)C1.[Li].[Lr]. The molecule has 2 fully saturated rings. The predicted molar refractivity (Wildman–Crippen MR) is 57.6 cm³/mol. The minimum absolute atomic E-state index is 0. The van der Waals surface area contributed by atoms with Gasteiger partial charge >= 0.3 is 0 Å². The Morgan fingerprint density at radius 3 is 2.80 bits per heavy atom. The van der Waals surface area contributed by atoms with E-state index < -0.39 is 0 Å². The number of hydrazine groups is 1. The van der Waals surface area contributed by atoms with Gasteiger partial charge in [-0.1, -0.05) is 0 Å². The fourth-order valence-corrected chi connectivity index (χ4v) is 2.53. The molecule has 2 rings (SSSR count). The third-order valence-corrected chi connectivity index (χ3v) is 3.13. The Kier molecular flexibility index (Phi) is 5.34. The third-order valence-electron chi connectivity index (χ3n) is 3.13. The molecule has 2 aliphatic heterocycles. The van der Waals surface area contributed by atoms with Crippen LogP contribution in [0.1, 0.15) is 32.6 Å². The minimum atomic E-state index is 0. The van der Waals surface area contributed by atoms with Gasteiger partial charge in [0.1, 0.15) is 0 Å². The molecule has 2 radical (unpaired) electrons. The molecule has 1 spiro atoms. The molecule has 0 saturated carbocycles. The van der Waals surface area contributed by atoms with Crippen LogP contribution in [-0.2, 0) is 4.74 Å². The third kappa shape index (κ3) is 3.22. The number of rotatable bonds is 0. The second-order valence-corrected chi connectivity index (χ2v) is 4.49. The maximum atomic E-state index is 5.90. The van der Waals surface area contributed by atoms with E-state index in [1.54, 1.807) is 5.92 Å². The van der Waals surface area contributed by atoms with Gasteiger partial charge in [-0.15, -0.1) is 6.42 Å². The molecular formula is C10H19LiLrN2O-. The number of hydrogen-bond donors (Lipinski definition) is 1. The summed E-state index contributed by atoms with van der Waals surface area (Å²) >= 11 is 0. The van der Waals surface area contributed by atoms with Crippen LogP contribution >= 0.6 is 0 Å². The number of hydrogen-bond acceptors (Lipinski definition) is 3. The van der Waals surface area contributed by atoms with Gasteiger partial charge in [-0.3, -0.25) is 5.84 Å². The summed E-state index contributed by atoms with van der Waals surface area (Å²) < 4.78 is 5.90. The topological polar surface area (TPSA) is 38.5 Å². The Morgan fingerprint density at radius 1 is 1.47 bits per heavy atom. The molecule has 1 unspecified atom stereocenters. The van der Waals surface area contributed by atoms with Crippen molar-refractivity contribution in [3.05, 3.63) is 5.92 Å². The van der Waals surface area contributed by atoms with Crippen LogP contribution in [0.4, 0.5) is 0 Å². The summed E-state index contributed by atoms with van der Waals surface area (Å²) in [6.45, 7) is 5.05. The second-order valence-electron chi connectivity index (χ2n) is 4.49. The van der Waals surface area contributed by atoms with Gasteiger partial charge in [0.2, 0.25) is 0 Å². The molecule has 5 heteroatoms. The maximum Gasteiger partial charge on any atom is 0.0557 e. The zero-order valence-electron chi connectivity index (χ0n) is 9.64. The van der Waals surface area contributed by atoms with E-state index in [0.717, 1.165) is 32.5 Å². The van der Waals surface area contributed by atoms with E-state index in [0.29, 0.717) is 0 Å². The summed E-state index contributed by atoms with van der Waals surface area (Å²) in [6, 6.07) is 0. The Labute approximate surface area is 98.5 Å². The average molecular weight is 452 g/mol. The first-order valence-corrected chi connectivity index (χ1v) is 5.15. The predicted octanol–water partition coefficient (Wildman–Crippen LogP) is 0.719. The molecule has 2 heterocycles. The van der Waals surface area contributed by atoms with Crippen molar-refractivity contribution in [1.82, 2.24) is 5.01 Å². The normalized spacial score (nSPS) is 33.2. The molecule has 0 bridgehead atoms.